The third-order valence-electron chi connectivity index (χ3n) is 3.75. The minimum Gasteiger partial charge on any atom is -0.502 e. The molecule has 0 aliphatic rings. The van der Waals surface area contributed by atoms with Gasteiger partial charge in [0.2, 0.25) is 5.43 Å². The van der Waals surface area contributed by atoms with Gasteiger partial charge in [-0.15, -0.1) is 0 Å². The van der Waals surface area contributed by atoms with E-state index < -0.39 is 70.5 Å². The summed E-state index contributed by atoms with van der Waals surface area (Å²) in [6, 6.07) is 0.853. The number of pyridine rings is 1. The summed E-state index contributed by atoms with van der Waals surface area (Å²) >= 11 is 0. The second-order valence-electron chi connectivity index (χ2n) is 5.51. The van der Waals surface area contributed by atoms with Gasteiger partial charge < -0.3 is 24.8 Å². The van der Waals surface area contributed by atoms with E-state index in [0.29, 0.717) is 12.1 Å². The van der Waals surface area contributed by atoms with Crippen LogP contribution in [0.2, 0.25) is 0 Å². The highest BCUT2D eigenvalue weighted by molar-refractivity contribution is 5.96. The number of hydrogen-bond donors (Lipinski definition) is 3. The van der Waals surface area contributed by atoms with Gasteiger partial charge in [-0.2, -0.15) is 0 Å². The maximum atomic E-state index is 13.6. The first-order valence-corrected chi connectivity index (χ1v) is 7.78. The first kappa shape index (κ1) is 21.0. The van der Waals surface area contributed by atoms with E-state index in [0.717, 1.165) is 17.9 Å². The molecular formula is C17H15F3N2O6. The van der Waals surface area contributed by atoms with Crippen LogP contribution in [0.4, 0.5) is 13.2 Å². The van der Waals surface area contributed by atoms with Gasteiger partial charge in [-0.05, 0) is 0 Å². The maximum absolute atomic E-state index is 13.6. The number of benzene rings is 1. The highest BCUT2D eigenvalue weighted by Gasteiger charge is 2.24. The minimum atomic E-state index is -1.24. The van der Waals surface area contributed by atoms with E-state index in [9.17, 15) is 32.7 Å². The van der Waals surface area contributed by atoms with Crippen molar-refractivity contribution < 1.29 is 37.7 Å². The fraction of sp³-hybridized carbons (Fsp3) is 0.235. The lowest BCUT2D eigenvalue weighted by atomic mass is 10.1. The summed E-state index contributed by atoms with van der Waals surface area (Å²) < 4.78 is 45.6. The van der Waals surface area contributed by atoms with Gasteiger partial charge in [0, 0.05) is 37.0 Å². The normalized spacial score (nSPS) is 10.6. The topological polar surface area (TPSA) is 118 Å². The molecule has 0 aliphatic heterocycles. The Kier molecular flexibility index (Phi) is 6.41. The maximum Gasteiger partial charge on any atom is 0.358 e. The number of nitrogens with zero attached hydrogens (tertiary/aromatic N) is 1. The van der Waals surface area contributed by atoms with Crippen LogP contribution in [0.1, 0.15) is 26.4 Å². The van der Waals surface area contributed by atoms with Crippen LogP contribution in [0.3, 0.4) is 0 Å². The predicted molar refractivity (Wildman–Crippen MR) is 88.3 cm³/mol. The van der Waals surface area contributed by atoms with Gasteiger partial charge >= 0.3 is 5.97 Å². The Morgan fingerprint density at radius 1 is 1.21 bits per heavy atom. The number of amides is 1. The van der Waals surface area contributed by atoms with Gasteiger partial charge in [0.1, 0.15) is 23.0 Å². The van der Waals surface area contributed by atoms with E-state index in [-0.39, 0.29) is 6.54 Å². The van der Waals surface area contributed by atoms with Crippen LogP contribution in [0.15, 0.2) is 23.1 Å². The van der Waals surface area contributed by atoms with E-state index in [1.54, 1.807) is 0 Å². The number of aliphatic hydroxyl groups is 1. The number of aromatic nitrogens is 1. The summed E-state index contributed by atoms with van der Waals surface area (Å²) in [5, 5.41) is 21.1. The summed E-state index contributed by atoms with van der Waals surface area (Å²) in [6.07, 6.45) is 0.886. The molecule has 0 atom stereocenters. The molecule has 0 saturated heterocycles. The predicted octanol–water partition coefficient (Wildman–Crippen LogP) is 0.680. The highest BCUT2D eigenvalue weighted by Crippen LogP contribution is 2.17. The summed E-state index contributed by atoms with van der Waals surface area (Å²) in [5.41, 5.74) is -3.09. The molecule has 1 aromatic heterocycles. The molecule has 1 heterocycles. The van der Waals surface area contributed by atoms with Crippen LogP contribution in [0.5, 0.6) is 5.75 Å². The van der Waals surface area contributed by atoms with Crippen molar-refractivity contribution in [1.82, 2.24) is 9.88 Å². The van der Waals surface area contributed by atoms with Crippen LogP contribution in [-0.2, 0) is 17.8 Å². The smallest absolute Gasteiger partial charge is 0.358 e. The Bertz CT molecular complexity index is 967. The van der Waals surface area contributed by atoms with E-state index in [4.69, 9.17) is 5.11 Å². The lowest BCUT2D eigenvalue weighted by Gasteiger charge is -2.14. The first-order chi connectivity index (χ1) is 13.2. The van der Waals surface area contributed by atoms with Gasteiger partial charge in [0.25, 0.3) is 5.91 Å². The fourth-order valence-corrected chi connectivity index (χ4v) is 2.41. The van der Waals surface area contributed by atoms with Crippen molar-refractivity contribution in [3.05, 3.63) is 62.8 Å². The van der Waals surface area contributed by atoms with E-state index in [2.05, 4.69) is 10.1 Å². The minimum absolute atomic E-state index is 0.264. The zero-order valence-electron chi connectivity index (χ0n) is 14.5. The van der Waals surface area contributed by atoms with Gasteiger partial charge in [0.05, 0.1) is 13.7 Å². The van der Waals surface area contributed by atoms with Gasteiger partial charge in [-0.3, -0.25) is 9.59 Å². The Morgan fingerprint density at radius 3 is 2.36 bits per heavy atom. The number of nitrogens with one attached hydrogen (secondary N) is 1. The fourth-order valence-electron chi connectivity index (χ4n) is 2.41. The molecule has 28 heavy (non-hydrogen) atoms. The van der Waals surface area contributed by atoms with E-state index in [1.165, 1.54) is 0 Å². The molecule has 0 bridgehead atoms. The molecule has 150 valence electrons. The third-order valence-corrected chi connectivity index (χ3v) is 3.75. The molecule has 0 radical (unpaired) electrons. The molecule has 11 heteroatoms. The monoisotopic (exact) mass is 400 g/mol. The van der Waals surface area contributed by atoms with Crippen LogP contribution in [-0.4, -0.2) is 40.4 Å². The standard InChI is InChI=1S/C17H15F3N2O6/c1-28-17(27)13-15(25)14(24)10(7-22(13)2-3-23)16(26)21-6-9-11(19)4-8(18)5-12(9)20/h4-5,7,23,25H,2-3,6H2,1H3,(H,21,26). The number of rotatable bonds is 6. The summed E-state index contributed by atoms with van der Waals surface area (Å²) in [6.45, 7) is -1.48. The molecule has 1 amide bonds. The van der Waals surface area contributed by atoms with Crippen LogP contribution in [0, 0.1) is 17.5 Å². The Balaban J connectivity index is 2.38. The highest BCUT2D eigenvalue weighted by atomic mass is 19.1. The zero-order valence-corrected chi connectivity index (χ0v) is 14.5. The van der Waals surface area contributed by atoms with Crippen LogP contribution < -0.4 is 10.7 Å². The molecule has 0 spiro atoms. The molecule has 2 rings (SSSR count). The number of ether oxygens (including phenoxy) is 1. The molecule has 0 fully saturated rings. The van der Waals surface area contributed by atoms with Crippen molar-refractivity contribution in [2.45, 2.75) is 13.1 Å². The quantitative estimate of drug-likeness (QED) is 0.614. The molecule has 0 saturated carbocycles. The van der Waals surface area contributed by atoms with Crippen LogP contribution >= 0.6 is 0 Å². The average molecular weight is 400 g/mol. The van der Waals surface area contributed by atoms with Crippen molar-refractivity contribution in [1.29, 1.82) is 0 Å². The van der Waals surface area contributed by atoms with Crippen molar-refractivity contribution in [2.24, 2.45) is 0 Å². The number of hydrogen-bond acceptors (Lipinski definition) is 6. The van der Waals surface area contributed by atoms with Crippen molar-refractivity contribution >= 4 is 11.9 Å². The SMILES string of the molecule is COC(=O)c1c(O)c(=O)c(C(=O)NCc2c(F)cc(F)cc2F)cn1CCO. The number of halogens is 3. The molecule has 1 aromatic carbocycles. The second-order valence-corrected chi connectivity index (χ2v) is 5.51. The Labute approximate surface area is 155 Å². The Hall–Kier alpha value is -3.34. The molecule has 0 aliphatic carbocycles. The summed E-state index contributed by atoms with van der Waals surface area (Å²) in [5.74, 6) is -6.90. The average Bonchev–Trinajstić information content (AvgIpc) is 2.63. The largest absolute Gasteiger partial charge is 0.502 e. The van der Waals surface area contributed by atoms with E-state index >= 15 is 0 Å². The number of methoxy groups -OCH3 is 1. The summed E-state index contributed by atoms with van der Waals surface area (Å²) in [4.78, 5) is 36.2. The second kappa shape index (κ2) is 8.57. The summed E-state index contributed by atoms with van der Waals surface area (Å²) in [7, 11) is 1.00. The zero-order chi connectivity index (χ0) is 21.0. The van der Waals surface area contributed by atoms with Crippen molar-refractivity contribution in [3.8, 4) is 5.75 Å². The lowest BCUT2D eigenvalue weighted by molar-refractivity contribution is 0.0580. The molecular weight excluding hydrogens is 385 g/mol. The number of carbonyl (C=O) groups is 2. The number of esters is 1. The molecule has 8 nitrogen and oxygen atoms in total. The van der Waals surface area contributed by atoms with Gasteiger partial charge in [-0.1, -0.05) is 0 Å². The first-order valence-electron chi connectivity index (χ1n) is 7.78. The number of aromatic hydroxyl groups is 1. The van der Waals surface area contributed by atoms with Crippen LogP contribution in [0.25, 0.3) is 0 Å². The van der Waals surface area contributed by atoms with E-state index in [1.807, 2.05) is 0 Å². The lowest BCUT2D eigenvalue weighted by Crippen LogP contribution is -2.31. The van der Waals surface area contributed by atoms with Crippen molar-refractivity contribution in [2.75, 3.05) is 13.7 Å². The number of carbonyl (C=O) groups excluding carboxylic acids is 2. The Morgan fingerprint density at radius 2 is 1.82 bits per heavy atom. The number of aliphatic hydroxyl groups excluding tert-OH is 1. The van der Waals surface area contributed by atoms with Gasteiger partial charge in [-0.25, -0.2) is 18.0 Å². The molecule has 0 unspecified atom stereocenters. The van der Waals surface area contributed by atoms with Crippen molar-refractivity contribution in [3.63, 3.8) is 0 Å². The molecule has 2 aromatic rings. The van der Waals surface area contributed by atoms with Gasteiger partial charge in [0.15, 0.2) is 11.4 Å². The third kappa shape index (κ3) is 4.14. The molecule has 3 N–H and O–H groups in total.